The fourth-order valence-corrected chi connectivity index (χ4v) is 8.49. The standard InChI is InChI=1S/C27H36F3NO3/c1-16-15-21-25(2,14-12-23(32)31(21)4)20-11-13-26(3)19(24(16)20)9-10-22(26)33-17-5-7-18(8-6-17)34-27(28,29)30/h5-8,16,19-22,24H,9-15H2,1-4H3/t16?,19-,20+,21?,22?,24-,25+,26-/m0/s1. The molecule has 1 aromatic rings. The van der Waals surface area contributed by atoms with Gasteiger partial charge in [-0.05, 0) is 91.9 Å². The van der Waals surface area contributed by atoms with Crippen LogP contribution in [0.2, 0.25) is 0 Å². The van der Waals surface area contributed by atoms with Crippen molar-refractivity contribution in [3.63, 3.8) is 0 Å². The molecule has 0 spiro atoms. The number of alkyl halides is 3. The molecule has 4 nitrogen and oxygen atoms in total. The summed E-state index contributed by atoms with van der Waals surface area (Å²) in [4.78, 5) is 14.5. The Bertz CT molecular complexity index is 934. The van der Waals surface area contributed by atoms with Crippen molar-refractivity contribution in [1.82, 2.24) is 4.90 Å². The highest BCUT2D eigenvalue weighted by Crippen LogP contribution is 2.66. The predicted octanol–water partition coefficient (Wildman–Crippen LogP) is 6.44. The third kappa shape index (κ3) is 3.78. The number of rotatable bonds is 3. The van der Waals surface area contributed by atoms with E-state index < -0.39 is 6.36 Å². The summed E-state index contributed by atoms with van der Waals surface area (Å²) in [7, 11) is 1.99. The number of likely N-dealkylation sites (tertiary alicyclic amines) is 1. The zero-order chi connectivity index (χ0) is 24.5. The first-order chi connectivity index (χ1) is 15.9. The third-order valence-electron chi connectivity index (χ3n) is 10.2. The van der Waals surface area contributed by atoms with Crippen molar-refractivity contribution in [2.75, 3.05) is 7.05 Å². The van der Waals surface area contributed by atoms with E-state index in [0.29, 0.717) is 41.9 Å². The Kier molecular flexibility index (Phi) is 5.64. The van der Waals surface area contributed by atoms with E-state index in [4.69, 9.17) is 4.74 Å². The van der Waals surface area contributed by atoms with Crippen LogP contribution in [0.25, 0.3) is 0 Å². The molecule has 3 saturated carbocycles. The second kappa shape index (κ2) is 8.06. The van der Waals surface area contributed by atoms with E-state index >= 15 is 0 Å². The minimum atomic E-state index is -4.69. The maximum Gasteiger partial charge on any atom is 0.573 e. The molecule has 4 fully saturated rings. The molecule has 1 aliphatic heterocycles. The average molecular weight is 480 g/mol. The Morgan fingerprint density at radius 3 is 2.29 bits per heavy atom. The van der Waals surface area contributed by atoms with Gasteiger partial charge in [-0.3, -0.25) is 4.79 Å². The summed E-state index contributed by atoms with van der Waals surface area (Å²) in [5.41, 5.74) is 0.227. The van der Waals surface area contributed by atoms with E-state index in [-0.39, 0.29) is 28.6 Å². The molecule has 34 heavy (non-hydrogen) atoms. The SMILES string of the molecule is CC1CC2N(C)C(=O)CC[C@]2(C)[C@@H]2CC[C@]3(C)C(Oc4ccc(OC(F)(F)F)cc4)CC[C@H]3[C@H]12. The van der Waals surface area contributed by atoms with Gasteiger partial charge in [-0.2, -0.15) is 0 Å². The van der Waals surface area contributed by atoms with Crippen LogP contribution in [-0.4, -0.2) is 36.4 Å². The number of amides is 1. The Hall–Kier alpha value is -1.92. The van der Waals surface area contributed by atoms with E-state index in [9.17, 15) is 18.0 Å². The number of fused-ring (bicyclic) bond motifs is 5. The Balaban J connectivity index is 1.34. The quantitative estimate of drug-likeness (QED) is 0.501. The average Bonchev–Trinajstić information content (AvgIpc) is 3.09. The van der Waals surface area contributed by atoms with Crippen molar-refractivity contribution in [3.05, 3.63) is 24.3 Å². The molecule has 3 unspecified atom stereocenters. The summed E-state index contributed by atoms with van der Waals surface area (Å²) >= 11 is 0. The first-order valence-corrected chi connectivity index (χ1v) is 12.7. The van der Waals surface area contributed by atoms with Gasteiger partial charge < -0.3 is 14.4 Å². The molecule has 1 heterocycles. The molecule has 0 aromatic heterocycles. The Morgan fingerprint density at radius 2 is 1.62 bits per heavy atom. The van der Waals surface area contributed by atoms with Crippen LogP contribution < -0.4 is 9.47 Å². The zero-order valence-electron chi connectivity index (χ0n) is 20.5. The van der Waals surface area contributed by atoms with E-state index in [0.717, 1.165) is 38.5 Å². The molecule has 7 heteroatoms. The van der Waals surface area contributed by atoms with E-state index in [1.165, 1.54) is 12.1 Å². The molecule has 5 rings (SSSR count). The van der Waals surface area contributed by atoms with Crippen molar-refractivity contribution in [1.29, 1.82) is 0 Å². The van der Waals surface area contributed by atoms with Crippen LogP contribution in [-0.2, 0) is 4.79 Å². The number of piperidine rings is 1. The van der Waals surface area contributed by atoms with Gasteiger partial charge in [0.25, 0.3) is 0 Å². The molecule has 8 atom stereocenters. The van der Waals surface area contributed by atoms with Crippen LogP contribution in [0.3, 0.4) is 0 Å². The summed E-state index contributed by atoms with van der Waals surface area (Å²) in [6.07, 6.45) is 2.40. The third-order valence-corrected chi connectivity index (χ3v) is 10.2. The van der Waals surface area contributed by atoms with Gasteiger partial charge in [0.15, 0.2) is 0 Å². The summed E-state index contributed by atoms with van der Waals surface area (Å²) in [5, 5.41) is 0. The van der Waals surface area contributed by atoms with Gasteiger partial charge in [0.05, 0.1) is 0 Å². The van der Waals surface area contributed by atoms with Gasteiger partial charge in [0.1, 0.15) is 17.6 Å². The maximum atomic E-state index is 12.5. The van der Waals surface area contributed by atoms with E-state index in [1.807, 2.05) is 11.9 Å². The van der Waals surface area contributed by atoms with Gasteiger partial charge in [0.2, 0.25) is 5.91 Å². The summed E-state index contributed by atoms with van der Waals surface area (Å²) in [6, 6.07) is 6.12. The zero-order valence-corrected chi connectivity index (χ0v) is 20.5. The van der Waals surface area contributed by atoms with Crippen LogP contribution in [0.5, 0.6) is 11.5 Å². The number of halogens is 3. The van der Waals surface area contributed by atoms with Gasteiger partial charge in [-0.15, -0.1) is 13.2 Å². The molecule has 1 saturated heterocycles. The maximum absolute atomic E-state index is 12.5. The van der Waals surface area contributed by atoms with Gasteiger partial charge in [-0.25, -0.2) is 0 Å². The smallest absolute Gasteiger partial charge is 0.490 e. The van der Waals surface area contributed by atoms with Gasteiger partial charge >= 0.3 is 6.36 Å². The first-order valence-electron chi connectivity index (χ1n) is 12.7. The van der Waals surface area contributed by atoms with Gasteiger partial charge in [-0.1, -0.05) is 20.8 Å². The lowest BCUT2D eigenvalue weighted by atomic mass is 9.45. The lowest BCUT2D eigenvalue weighted by molar-refractivity contribution is -0.274. The number of hydrogen-bond donors (Lipinski definition) is 0. The largest absolute Gasteiger partial charge is 0.573 e. The topological polar surface area (TPSA) is 38.8 Å². The normalized spacial score (nSPS) is 42.0. The number of ether oxygens (including phenoxy) is 2. The molecule has 4 aliphatic rings. The Morgan fingerprint density at radius 1 is 0.971 bits per heavy atom. The number of nitrogens with zero attached hydrogens (tertiary/aromatic N) is 1. The van der Waals surface area contributed by atoms with Crippen molar-refractivity contribution < 1.29 is 27.4 Å². The molecular formula is C27H36F3NO3. The molecule has 0 N–H and O–H groups in total. The second-order valence-corrected chi connectivity index (χ2v) is 11.8. The monoisotopic (exact) mass is 479 g/mol. The molecule has 0 bridgehead atoms. The van der Waals surface area contributed by atoms with Crippen LogP contribution in [0.4, 0.5) is 13.2 Å². The lowest BCUT2D eigenvalue weighted by Crippen LogP contribution is -2.63. The molecule has 0 radical (unpaired) electrons. The highest BCUT2D eigenvalue weighted by Gasteiger charge is 2.63. The minimum Gasteiger partial charge on any atom is -0.490 e. The van der Waals surface area contributed by atoms with Crippen molar-refractivity contribution in [2.45, 2.75) is 84.2 Å². The number of carbonyl (C=O) groups is 1. The van der Waals surface area contributed by atoms with Crippen molar-refractivity contribution in [3.8, 4) is 11.5 Å². The first kappa shape index (κ1) is 23.8. The lowest BCUT2D eigenvalue weighted by Gasteiger charge is -2.63. The Labute approximate surface area is 200 Å². The fourth-order valence-electron chi connectivity index (χ4n) is 8.49. The summed E-state index contributed by atoms with van der Waals surface area (Å²) < 4.78 is 47.8. The summed E-state index contributed by atoms with van der Waals surface area (Å²) in [6.45, 7) is 7.17. The number of hydrogen-bond acceptors (Lipinski definition) is 3. The highest BCUT2D eigenvalue weighted by molar-refractivity contribution is 5.77. The van der Waals surface area contributed by atoms with Crippen LogP contribution >= 0.6 is 0 Å². The van der Waals surface area contributed by atoms with E-state index in [1.54, 1.807) is 12.1 Å². The van der Waals surface area contributed by atoms with Crippen LogP contribution in [0.15, 0.2) is 24.3 Å². The van der Waals surface area contributed by atoms with Crippen molar-refractivity contribution >= 4 is 5.91 Å². The molecule has 3 aliphatic carbocycles. The fraction of sp³-hybridized carbons (Fsp3) is 0.741. The van der Waals surface area contributed by atoms with E-state index in [2.05, 4.69) is 25.5 Å². The molecule has 1 aromatic carbocycles. The summed E-state index contributed by atoms with van der Waals surface area (Å²) in [5.74, 6) is 3.02. The van der Waals surface area contributed by atoms with Crippen molar-refractivity contribution in [2.24, 2.45) is 34.5 Å². The number of carbonyl (C=O) groups excluding carboxylic acids is 1. The van der Waals surface area contributed by atoms with Crippen LogP contribution in [0.1, 0.15) is 65.7 Å². The second-order valence-electron chi connectivity index (χ2n) is 11.8. The highest BCUT2D eigenvalue weighted by atomic mass is 19.4. The van der Waals surface area contributed by atoms with Crippen LogP contribution in [0, 0.1) is 34.5 Å². The predicted molar refractivity (Wildman–Crippen MR) is 122 cm³/mol. The minimum absolute atomic E-state index is 0.0517. The molecule has 1 amide bonds. The van der Waals surface area contributed by atoms with Gasteiger partial charge in [0, 0.05) is 24.9 Å². The molecule has 188 valence electrons. The molecular weight excluding hydrogens is 443 g/mol. The number of benzene rings is 1.